The fourth-order valence-corrected chi connectivity index (χ4v) is 1.82. The highest BCUT2D eigenvalue weighted by atomic mass is 15.2. The maximum Gasteiger partial charge on any atom is 0.0404 e. The van der Waals surface area contributed by atoms with Crippen molar-refractivity contribution < 1.29 is 0 Å². The third-order valence-corrected chi connectivity index (χ3v) is 2.87. The monoisotopic (exact) mass is 221 g/mol. The fraction of sp³-hybridized carbons (Fsp3) is 0.615. The minimum Gasteiger partial charge on any atom is -0.271 e. The van der Waals surface area contributed by atoms with E-state index in [1.807, 2.05) is 18.3 Å². The molecule has 1 heterocycles. The molecule has 3 nitrogen and oxygen atoms in total. The van der Waals surface area contributed by atoms with E-state index >= 15 is 0 Å². The SMILES string of the molecule is CCCCCC(CCc1ccccn1)NN. The van der Waals surface area contributed by atoms with E-state index in [-0.39, 0.29) is 0 Å². The molecule has 1 aromatic rings. The first-order valence-corrected chi connectivity index (χ1v) is 6.22. The molecule has 0 aliphatic rings. The van der Waals surface area contributed by atoms with Gasteiger partial charge in [-0.3, -0.25) is 16.3 Å². The molecule has 1 aromatic heterocycles. The summed E-state index contributed by atoms with van der Waals surface area (Å²) in [5.74, 6) is 5.55. The number of hydrogen-bond donors (Lipinski definition) is 2. The number of nitrogens with one attached hydrogen (secondary N) is 1. The number of hydrogen-bond acceptors (Lipinski definition) is 3. The lowest BCUT2D eigenvalue weighted by Crippen LogP contribution is -2.35. The molecule has 3 N–H and O–H groups in total. The summed E-state index contributed by atoms with van der Waals surface area (Å²) in [6, 6.07) is 6.47. The molecule has 0 radical (unpaired) electrons. The van der Waals surface area contributed by atoms with Crippen molar-refractivity contribution >= 4 is 0 Å². The van der Waals surface area contributed by atoms with E-state index in [2.05, 4.69) is 23.4 Å². The zero-order valence-corrected chi connectivity index (χ0v) is 10.2. The van der Waals surface area contributed by atoms with Crippen molar-refractivity contribution in [2.45, 2.75) is 51.5 Å². The first kappa shape index (κ1) is 13.1. The molecule has 0 aliphatic heterocycles. The molecule has 0 aliphatic carbocycles. The van der Waals surface area contributed by atoms with Crippen LogP contribution in [0.25, 0.3) is 0 Å². The second-order valence-electron chi connectivity index (χ2n) is 4.22. The van der Waals surface area contributed by atoms with E-state index in [0.29, 0.717) is 6.04 Å². The number of nitrogens with two attached hydrogens (primary N) is 1. The average Bonchev–Trinajstić information content (AvgIpc) is 2.35. The van der Waals surface area contributed by atoms with Crippen LogP contribution in [0.4, 0.5) is 0 Å². The van der Waals surface area contributed by atoms with Gasteiger partial charge >= 0.3 is 0 Å². The predicted octanol–water partition coefficient (Wildman–Crippen LogP) is 2.43. The Labute approximate surface area is 98.4 Å². The van der Waals surface area contributed by atoms with E-state index in [1.165, 1.54) is 19.3 Å². The molecule has 0 saturated heterocycles. The van der Waals surface area contributed by atoms with Gasteiger partial charge in [0.1, 0.15) is 0 Å². The lowest BCUT2D eigenvalue weighted by molar-refractivity contribution is 0.442. The van der Waals surface area contributed by atoms with E-state index in [9.17, 15) is 0 Å². The van der Waals surface area contributed by atoms with Gasteiger partial charge < -0.3 is 0 Å². The molecule has 0 spiro atoms. The number of rotatable bonds is 8. The normalized spacial score (nSPS) is 12.6. The zero-order valence-electron chi connectivity index (χ0n) is 10.2. The maximum atomic E-state index is 5.55. The Balaban J connectivity index is 2.23. The number of aromatic nitrogens is 1. The standard InChI is InChI=1S/C13H23N3/c1-2-3-4-8-13(16-14)10-9-12-7-5-6-11-15-12/h5-7,11,13,16H,2-4,8-10,14H2,1H3. The van der Waals surface area contributed by atoms with Gasteiger partial charge in [0.15, 0.2) is 0 Å². The average molecular weight is 221 g/mol. The molecule has 3 heteroatoms. The highest BCUT2D eigenvalue weighted by molar-refractivity contribution is 5.03. The molecule has 0 aromatic carbocycles. The summed E-state index contributed by atoms with van der Waals surface area (Å²) in [6.45, 7) is 2.22. The Morgan fingerprint density at radius 1 is 1.31 bits per heavy atom. The Kier molecular flexibility index (Phi) is 6.77. The molecule has 0 saturated carbocycles. The van der Waals surface area contributed by atoms with Crippen molar-refractivity contribution in [3.05, 3.63) is 30.1 Å². The zero-order chi connectivity index (χ0) is 11.6. The molecule has 90 valence electrons. The van der Waals surface area contributed by atoms with Crippen LogP contribution in [0, 0.1) is 0 Å². The summed E-state index contributed by atoms with van der Waals surface area (Å²) >= 11 is 0. The van der Waals surface area contributed by atoms with Gasteiger partial charge in [0.25, 0.3) is 0 Å². The maximum absolute atomic E-state index is 5.55. The molecular weight excluding hydrogens is 198 g/mol. The van der Waals surface area contributed by atoms with Crippen molar-refractivity contribution in [1.82, 2.24) is 10.4 Å². The van der Waals surface area contributed by atoms with Crippen molar-refractivity contribution in [2.75, 3.05) is 0 Å². The van der Waals surface area contributed by atoms with Crippen molar-refractivity contribution in [3.8, 4) is 0 Å². The smallest absolute Gasteiger partial charge is 0.0404 e. The molecule has 0 bridgehead atoms. The Hall–Kier alpha value is -0.930. The van der Waals surface area contributed by atoms with Gasteiger partial charge in [-0.1, -0.05) is 32.3 Å². The van der Waals surface area contributed by atoms with E-state index < -0.39 is 0 Å². The summed E-state index contributed by atoms with van der Waals surface area (Å²) in [5.41, 5.74) is 4.05. The molecular formula is C13H23N3. The van der Waals surface area contributed by atoms with Gasteiger partial charge in [-0.25, -0.2) is 0 Å². The van der Waals surface area contributed by atoms with Crippen molar-refractivity contribution in [3.63, 3.8) is 0 Å². The number of hydrazine groups is 1. The first-order valence-electron chi connectivity index (χ1n) is 6.22. The summed E-state index contributed by atoms with van der Waals surface area (Å²) < 4.78 is 0. The minimum absolute atomic E-state index is 0.425. The lowest BCUT2D eigenvalue weighted by atomic mass is 10.0. The van der Waals surface area contributed by atoms with Crippen molar-refractivity contribution in [1.29, 1.82) is 0 Å². The number of pyridine rings is 1. The highest BCUT2D eigenvalue weighted by Gasteiger charge is 2.06. The first-order chi connectivity index (χ1) is 7.86. The van der Waals surface area contributed by atoms with Gasteiger partial charge in [0, 0.05) is 17.9 Å². The van der Waals surface area contributed by atoms with E-state index in [0.717, 1.165) is 25.0 Å². The summed E-state index contributed by atoms with van der Waals surface area (Å²) in [6.07, 6.45) is 8.89. The lowest BCUT2D eigenvalue weighted by Gasteiger charge is -2.15. The van der Waals surface area contributed by atoms with Crippen LogP contribution < -0.4 is 11.3 Å². The Morgan fingerprint density at radius 3 is 2.81 bits per heavy atom. The van der Waals surface area contributed by atoms with Crippen LogP contribution in [0.5, 0.6) is 0 Å². The summed E-state index contributed by atoms with van der Waals surface area (Å²) in [4.78, 5) is 4.31. The van der Waals surface area contributed by atoms with Gasteiger partial charge in [-0.2, -0.15) is 0 Å². The highest BCUT2D eigenvalue weighted by Crippen LogP contribution is 2.08. The van der Waals surface area contributed by atoms with Gasteiger partial charge in [-0.15, -0.1) is 0 Å². The van der Waals surface area contributed by atoms with Crippen LogP contribution in [0.15, 0.2) is 24.4 Å². The topological polar surface area (TPSA) is 50.9 Å². The van der Waals surface area contributed by atoms with Crippen LogP contribution in [-0.4, -0.2) is 11.0 Å². The number of aryl methyl sites for hydroxylation is 1. The quantitative estimate of drug-likeness (QED) is 0.403. The van der Waals surface area contributed by atoms with Crippen LogP contribution in [0.1, 0.15) is 44.7 Å². The third kappa shape index (κ3) is 5.24. The van der Waals surface area contributed by atoms with E-state index in [1.54, 1.807) is 0 Å². The van der Waals surface area contributed by atoms with Crippen LogP contribution in [0.2, 0.25) is 0 Å². The molecule has 16 heavy (non-hydrogen) atoms. The van der Waals surface area contributed by atoms with Crippen molar-refractivity contribution in [2.24, 2.45) is 5.84 Å². The molecule has 0 fully saturated rings. The second-order valence-corrected chi connectivity index (χ2v) is 4.22. The van der Waals surface area contributed by atoms with E-state index in [4.69, 9.17) is 5.84 Å². The second kappa shape index (κ2) is 8.25. The minimum atomic E-state index is 0.425. The third-order valence-electron chi connectivity index (χ3n) is 2.87. The van der Waals surface area contributed by atoms with Crippen LogP contribution in [-0.2, 0) is 6.42 Å². The molecule has 0 amide bonds. The van der Waals surface area contributed by atoms with Gasteiger partial charge in [-0.05, 0) is 31.4 Å². The Morgan fingerprint density at radius 2 is 2.19 bits per heavy atom. The fourth-order valence-electron chi connectivity index (χ4n) is 1.82. The molecule has 1 unspecified atom stereocenters. The largest absolute Gasteiger partial charge is 0.271 e. The van der Waals surface area contributed by atoms with Gasteiger partial charge in [0.2, 0.25) is 0 Å². The summed E-state index contributed by atoms with van der Waals surface area (Å²) in [5, 5.41) is 0. The number of unbranched alkanes of at least 4 members (excludes halogenated alkanes) is 2. The predicted molar refractivity (Wildman–Crippen MR) is 67.8 cm³/mol. The van der Waals surface area contributed by atoms with Crippen LogP contribution >= 0.6 is 0 Å². The van der Waals surface area contributed by atoms with Crippen LogP contribution in [0.3, 0.4) is 0 Å². The Bertz CT molecular complexity index is 261. The number of nitrogens with zero attached hydrogens (tertiary/aromatic N) is 1. The summed E-state index contributed by atoms with van der Waals surface area (Å²) in [7, 11) is 0. The molecule has 1 atom stereocenters. The van der Waals surface area contributed by atoms with Gasteiger partial charge in [0.05, 0.1) is 0 Å². The molecule has 1 rings (SSSR count).